The van der Waals surface area contributed by atoms with Gasteiger partial charge in [0.1, 0.15) is 0 Å². The van der Waals surface area contributed by atoms with Crippen LogP contribution in [0.3, 0.4) is 0 Å². The van der Waals surface area contributed by atoms with E-state index in [0.29, 0.717) is 0 Å². The number of hydrazone groups is 1. The minimum Gasteiger partial charge on any atom is -0.326 e. The van der Waals surface area contributed by atoms with Crippen LogP contribution in [0.5, 0.6) is 0 Å². The van der Waals surface area contributed by atoms with Crippen LogP contribution in [0.2, 0.25) is 0 Å². The average Bonchev–Trinajstić information content (AvgIpc) is 2.94. The fourth-order valence-corrected chi connectivity index (χ4v) is 3.23. The van der Waals surface area contributed by atoms with Gasteiger partial charge in [-0.15, -0.1) is 11.3 Å². The summed E-state index contributed by atoms with van der Waals surface area (Å²) in [6, 6.07) is 9.65. The molecule has 24 heavy (non-hydrogen) atoms. The van der Waals surface area contributed by atoms with Crippen molar-refractivity contribution in [2.24, 2.45) is 5.10 Å². The first-order chi connectivity index (χ1) is 11.4. The maximum Gasteiger partial charge on any atom is 0.240 e. The molecule has 1 aromatic heterocycles. The van der Waals surface area contributed by atoms with Crippen LogP contribution in [-0.2, 0) is 9.59 Å². The van der Waals surface area contributed by atoms with E-state index in [1.807, 2.05) is 44.2 Å². The number of hydrogen-bond acceptors (Lipinski definition) is 4. The maximum absolute atomic E-state index is 11.9. The molecule has 2 aromatic rings. The molecule has 0 spiro atoms. The van der Waals surface area contributed by atoms with Gasteiger partial charge in [0.25, 0.3) is 0 Å². The molecule has 2 rings (SSSR count). The molecule has 7 heteroatoms. The number of hydrogen-bond donors (Lipinski definition) is 2. The molecule has 2 N–H and O–H groups in total. The largest absolute Gasteiger partial charge is 0.326 e. The number of benzene rings is 1. The van der Waals surface area contributed by atoms with Crippen molar-refractivity contribution in [1.82, 2.24) is 5.43 Å². The van der Waals surface area contributed by atoms with E-state index in [1.54, 1.807) is 6.21 Å². The second-order valence-electron chi connectivity index (χ2n) is 5.30. The third-order valence-corrected chi connectivity index (χ3v) is 4.78. The van der Waals surface area contributed by atoms with E-state index in [-0.39, 0.29) is 24.7 Å². The number of rotatable bonds is 6. The van der Waals surface area contributed by atoms with Crippen LogP contribution in [-0.4, -0.2) is 18.0 Å². The third kappa shape index (κ3) is 5.90. The number of nitrogens with one attached hydrogen (secondary N) is 2. The highest BCUT2D eigenvalue weighted by Gasteiger charge is 2.08. The van der Waals surface area contributed by atoms with Crippen molar-refractivity contribution < 1.29 is 9.59 Å². The van der Waals surface area contributed by atoms with Crippen LogP contribution in [0, 0.1) is 13.8 Å². The SMILES string of the molecule is Cc1ccc(C)c(NC(=O)CCC(=O)N/N=C\c2ccc(Br)s2)c1. The molecule has 1 heterocycles. The zero-order valence-electron chi connectivity index (χ0n) is 13.4. The van der Waals surface area contributed by atoms with Gasteiger partial charge >= 0.3 is 0 Å². The highest BCUT2D eigenvalue weighted by Crippen LogP contribution is 2.20. The predicted molar refractivity (Wildman–Crippen MR) is 102 cm³/mol. The van der Waals surface area contributed by atoms with Crippen molar-refractivity contribution in [2.75, 3.05) is 5.32 Å². The van der Waals surface area contributed by atoms with Gasteiger partial charge in [-0.3, -0.25) is 9.59 Å². The molecule has 0 unspecified atom stereocenters. The Morgan fingerprint density at radius 1 is 1.17 bits per heavy atom. The molecule has 0 fully saturated rings. The Balaban J connectivity index is 1.75. The van der Waals surface area contributed by atoms with Crippen molar-refractivity contribution in [3.05, 3.63) is 50.1 Å². The van der Waals surface area contributed by atoms with Crippen molar-refractivity contribution in [2.45, 2.75) is 26.7 Å². The third-order valence-electron chi connectivity index (χ3n) is 3.22. The van der Waals surface area contributed by atoms with Crippen molar-refractivity contribution in [3.63, 3.8) is 0 Å². The maximum atomic E-state index is 11.9. The van der Waals surface area contributed by atoms with Gasteiger partial charge < -0.3 is 5.32 Å². The van der Waals surface area contributed by atoms with E-state index >= 15 is 0 Å². The Morgan fingerprint density at radius 3 is 2.62 bits per heavy atom. The molecule has 1 aromatic carbocycles. The fraction of sp³-hybridized carbons (Fsp3) is 0.235. The molecule has 126 valence electrons. The standard InChI is InChI=1S/C17H18BrN3O2S/c1-11-3-4-12(2)14(9-11)20-16(22)7-8-17(23)21-19-10-13-5-6-15(18)24-13/h3-6,9-10H,7-8H2,1-2H3,(H,20,22)(H,21,23)/b19-10-. The topological polar surface area (TPSA) is 70.6 Å². The minimum absolute atomic E-state index is 0.0855. The van der Waals surface area contributed by atoms with Gasteiger partial charge in [0.15, 0.2) is 0 Å². The molecule has 0 radical (unpaired) electrons. The van der Waals surface area contributed by atoms with E-state index in [1.165, 1.54) is 11.3 Å². The monoisotopic (exact) mass is 407 g/mol. The molecule has 2 amide bonds. The van der Waals surface area contributed by atoms with Gasteiger partial charge in [-0.2, -0.15) is 5.10 Å². The van der Waals surface area contributed by atoms with Crippen LogP contribution < -0.4 is 10.7 Å². The highest BCUT2D eigenvalue weighted by atomic mass is 79.9. The van der Waals surface area contributed by atoms with Gasteiger partial charge in [0.2, 0.25) is 11.8 Å². The summed E-state index contributed by atoms with van der Waals surface area (Å²) in [4.78, 5) is 24.6. The number of carbonyl (C=O) groups excluding carboxylic acids is 2. The van der Waals surface area contributed by atoms with Crippen LogP contribution >= 0.6 is 27.3 Å². The summed E-state index contributed by atoms with van der Waals surface area (Å²) < 4.78 is 0.999. The first-order valence-electron chi connectivity index (χ1n) is 7.38. The molecule has 0 bridgehead atoms. The summed E-state index contributed by atoms with van der Waals surface area (Å²) in [7, 11) is 0. The molecule has 5 nitrogen and oxygen atoms in total. The lowest BCUT2D eigenvalue weighted by Crippen LogP contribution is -2.20. The zero-order chi connectivity index (χ0) is 17.5. The van der Waals surface area contributed by atoms with Gasteiger partial charge in [0, 0.05) is 23.4 Å². The summed E-state index contributed by atoms with van der Waals surface area (Å²) in [5.74, 6) is -0.483. The molecular formula is C17H18BrN3O2S. The second kappa shape index (κ2) is 8.75. The minimum atomic E-state index is -0.294. The first-order valence-corrected chi connectivity index (χ1v) is 8.99. The van der Waals surface area contributed by atoms with Gasteiger partial charge in [-0.05, 0) is 59.1 Å². The summed E-state index contributed by atoms with van der Waals surface area (Å²) in [6.07, 6.45) is 1.77. The molecular weight excluding hydrogens is 390 g/mol. The molecule has 0 aliphatic heterocycles. The summed E-state index contributed by atoms with van der Waals surface area (Å²) in [5.41, 5.74) is 5.26. The van der Waals surface area contributed by atoms with Gasteiger partial charge in [-0.25, -0.2) is 5.43 Å². The molecule has 0 saturated carbocycles. The highest BCUT2D eigenvalue weighted by molar-refractivity contribution is 9.11. The molecule has 0 saturated heterocycles. The number of nitrogens with zero attached hydrogens (tertiary/aromatic N) is 1. The zero-order valence-corrected chi connectivity index (χ0v) is 15.8. The number of amides is 2. The normalized spacial score (nSPS) is 10.8. The van der Waals surface area contributed by atoms with E-state index in [4.69, 9.17) is 0 Å². The Labute approximate surface area is 153 Å². The average molecular weight is 408 g/mol. The summed E-state index contributed by atoms with van der Waals surface area (Å²) >= 11 is 4.87. The van der Waals surface area contributed by atoms with Crippen molar-refractivity contribution in [3.8, 4) is 0 Å². The number of thiophene rings is 1. The fourth-order valence-electron chi connectivity index (χ4n) is 1.93. The Hall–Kier alpha value is -1.99. The lowest BCUT2D eigenvalue weighted by atomic mass is 10.1. The van der Waals surface area contributed by atoms with Crippen LogP contribution in [0.15, 0.2) is 39.2 Å². The van der Waals surface area contributed by atoms with Gasteiger partial charge in [-0.1, -0.05) is 12.1 Å². The van der Waals surface area contributed by atoms with E-state index < -0.39 is 0 Å². The predicted octanol–water partition coefficient (Wildman–Crippen LogP) is 4.00. The van der Waals surface area contributed by atoms with Crippen LogP contribution in [0.1, 0.15) is 28.8 Å². The number of aryl methyl sites for hydroxylation is 2. The molecule has 0 aliphatic rings. The van der Waals surface area contributed by atoms with Gasteiger partial charge in [0.05, 0.1) is 10.0 Å². The van der Waals surface area contributed by atoms with Crippen molar-refractivity contribution in [1.29, 1.82) is 0 Å². The first kappa shape index (κ1) is 18.4. The van der Waals surface area contributed by atoms with Crippen LogP contribution in [0.25, 0.3) is 0 Å². The van der Waals surface area contributed by atoms with Crippen molar-refractivity contribution >= 4 is 51.0 Å². The van der Waals surface area contributed by atoms with E-state index in [0.717, 1.165) is 25.5 Å². The quantitative estimate of drug-likeness (QED) is 0.561. The van der Waals surface area contributed by atoms with E-state index in [9.17, 15) is 9.59 Å². The Morgan fingerprint density at radius 2 is 1.92 bits per heavy atom. The van der Waals surface area contributed by atoms with Crippen LogP contribution in [0.4, 0.5) is 5.69 Å². The second-order valence-corrected chi connectivity index (χ2v) is 7.80. The van der Waals surface area contributed by atoms with E-state index in [2.05, 4.69) is 31.8 Å². The summed E-state index contributed by atoms with van der Waals surface area (Å²) in [5, 5.41) is 6.71. The summed E-state index contributed by atoms with van der Waals surface area (Å²) in [6.45, 7) is 3.89. The number of anilines is 1. The molecule has 0 aliphatic carbocycles. The smallest absolute Gasteiger partial charge is 0.240 e. The number of halogens is 1. The lowest BCUT2D eigenvalue weighted by Gasteiger charge is -2.09. The number of carbonyl (C=O) groups is 2. The Kier molecular flexibility index (Phi) is 6.69. The molecule has 0 atom stereocenters. The lowest BCUT2D eigenvalue weighted by molar-refractivity contribution is -0.124. The Bertz CT molecular complexity index is 771.